The SMILES string of the molecule is C=CN1C(=O)C(C(=O)OC(C)(C)C)CCC1CCC. The van der Waals surface area contributed by atoms with Gasteiger partial charge in [0.15, 0.2) is 0 Å². The normalized spacial score (nSPS) is 24.2. The molecule has 1 aliphatic rings. The Balaban J connectivity index is 2.76. The van der Waals surface area contributed by atoms with Crippen molar-refractivity contribution in [1.29, 1.82) is 0 Å². The van der Waals surface area contributed by atoms with Crippen LogP contribution in [0.25, 0.3) is 0 Å². The second-order valence-electron chi connectivity index (χ2n) is 6.03. The first-order valence-corrected chi connectivity index (χ1v) is 6.97. The van der Waals surface area contributed by atoms with Crippen molar-refractivity contribution in [3.8, 4) is 0 Å². The summed E-state index contributed by atoms with van der Waals surface area (Å²) in [5.74, 6) is -1.27. The van der Waals surface area contributed by atoms with Gasteiger partial charge in [-0.05, 0) is 46.2 Å². The summed E-state index contributed by atoms with van der Waals surface area (Å²) in [7, 11) is 0. The largest absolute Gasteiger partial charge is 0.459 e. The van der Waals surface area contributed by atoms with Crippen molar-refractivity contribution in [2.75, 3.05) is 0 Å². The highest BCUT2D eigenvalue weighted by atomic mass is 16.6. The van der Waals surface area contributed by atoms with Gasteiger partial charge in [-0.2, -0.15) is 0 Å². The maximum Gasteiger partial charge on any atom is 0.319 e. The number of carbonyl (C=O) groups is 2. The average Bonchev–Trinajstić information content (AvgIpc) is 2.27. The first kappa shape index (κ1) is 15.7. The Morgan fingerprint density at radius 2 is 2.11 bits per heavy atom. The summed E-state index contributed by atoms with van der Waals surface area (Å²) in [6.45, 7) is 11.2. The lowest BCUT2D eigenvalue weighted by Gasteiger charge is -2.37. The van der Waals surface area contributed by atoms with Gasteiger partial charge in [0.2, 0.25) is 5.91 Å². The molecule has 4 nitrogen and oxygen atoms in total. The van der Waals surface area contributed by atoms with Gasteiger partial charge in [-0.3, -0.25) is 9.59 Å². The Labute approximate surface area is 115 Å². The Morgan fingerprint density at radius 3 is 2.58 bits per heavy atom. The van der Waals surface area contributed by atoms with E-state index in [4.69, 9.17) is 4.74 Å². The van der Waals surface area contributed by atoms with Crippen LogP contribution in [-0.4, -0.2) is 28.4 Å². The molecule has 0 N–H and O–H groups in total. The fourth-order valence-electron chi connectivity index (χ4n) is 2.43. The molecule has 1 amide bonds. The standard InChI is InChI=1S/C15H25NO3/c1-6-8-11-9-10-12(13(17)16(11)7-2)14(18)19-15(3,4)5/h7,11-12H,2,6,8-10H2,1,3-5H3. The van der Waals surface area contributed by atoms with Gasteiger partial charge in [0.25, 0.3) is 0 Å². The molecule has 0 aromatic heterocycles. The van der Waals surface area contributed by atoms with Gasteiger partial charge in [0.1, 0.15) is 11.5 Å². The van der Waals surface area contributed by atoms with Crippen LogP contribution in [0.1, 0.15) is 53.4 Å². The van der Waals surface area contributed by atoms with E-state index in [9.17, 15) is 9.59 Å². The molecule has 1 heterocycles. The summed E-state index contributed by atoms with van der Waals surface area (Å²) in [5, 5.41) is 0. The first-order chi connectivity index (χ1) is 8.80. The van der Waals surface area contributed by atoms with Crippen LogP contribution in [0.3, 0.4) is 0 Å². The van der Waals surface area contributed by atoms with Gasteiger partial charge in [0, 0.05) is 6.04 Å². The number of piperidine rings is 1. The topological polar surface area (TPSA) is 46.6 Å². The maximum absolute atomic E-state index is 12.3. The molecule has 1 fully saturated rings. The Morgan fingerprint density at radius 1 is 1.47 bits per heavy atom. The van der Waals surface area contributed by atoms with Gasteiger partial charge in [-0.25, -0.2) is 0 Å². The van der Waals surface area contributed by atoms with E-state index in [-0.39, 0.29) is 11.9 Å². The lowest BCUT2D eigenvalue weighted by atomic mass is 9.90. The van der Waals surface area contributed by atoms with Gasteiger partial charge < -0.3 is 9.64 Å². The van der Waals surface area contributed by atoms with E-state index in [1.807, 2.05) is 20.8 Å². The predicted molar refractivity (Wildman–Crippen MR) is 74.3 cm³/mol. The minimum Gasteiger partial charge on any atom is -0.459 e. The Hall–Kier alpha value is -1.32. The van der Waals surface area contributed by atoms with Crippen molar-refractivity contribution >= 4 is 11.9 Å². The zero-order chi connectivity index (χ0) is 14.6. The highest BCUT2D eigenvalue weighted by Gasteiger charge is 2.39. The van der Waals surface area contributed by atoms with Crippen LogP contribution in [0, 0.1) is 5.92 Å². The molecule has 0 spiro atoms. The van der Waals surface area contributed by atoms with E-state index >= 15 is 0 Å². The minimum absolute atomic E-state index is 0.172. The minimum atomic E-state index is -0.676. The summed E-state index contributed by atoms with van der Waals surface area (Å²) in [4.78, 5) is 26.0. The van der Waals surface area contributed by atoms with Crippen LogP contribution in [0.15, 0.2) is 12.8 Å². The van der Waals surface area contributed by atoms with Gasteiger partial charge in [-0.1, -0.05) is 19.9 Å². The molecule has 1 aliphatic heterocycles. The first-order valence-electron chi connectivity index (χ1n) is 6.97. The molecule has 4 heteroatoms. The van der Waals surface area contributed by atoms with E-state index in [1.54, 1.807) is 11.1 Å². The summed E-state index contributed by atoms with van der Waals surface area (Å²) in [5.41, 5.74) is -0.559. The number of ether oxygens (including phenoxy) is 1. The van der Waals surface area contributed by atoms with Crippen LogP contribution < -0.4 is 0 Å². The smallest absolute Gasteiger partial charge is 0.319 e. The Kier molecular flexibility index (Phi) is 5.15. The van der Waals surface area contributed by atoms with Crippen molar-refractivity contribution in [2.24, 2.45) is 5.92 Å². The summed E-state index contributed by atoms with van der Waals surface area (Å²) in [6.07, 6.45) is 4.90. The van der Waals surface area contributed by atoms with Gasteiger partial charge >= 0.3 is 5.97 Å². The van der Waals surface area contributed by atoms with Crippen molar-refractivity contribution in [3.63, 3.8) is 0 Å². The number of esters is 1. The number of amides is 1. The van der Waals surface area contributed by atoms with Crippen molar-refractivity contribution in [1.82, 2.24) is 4.90 Å². The zero-order valence-electron chi connectivity index (χ0n) is 12.4. The summed E-state index contributed by atoms with van der Waals surface area (Å²) < 4.78 is 5.31. The molecule has 2 atom stereocenters. The molecule has 2 unspecified atom stereocenters. The van der Waals surface area contributed by atoms with E-state index in [2.05, 4.69) is 13.5 Å². The molecule has 0 radical (unpaired) electrons. The van der Waals surface area contributed by atoms with Crippen LogP contribution in [-0.2, 0) is 14.3 Å². The second kappa shape index (κ2) is 6.22. The fourth-order valence-corrected chi connectivity index (χ4v) is 2.43. The molecule has 0 aliphatic carbocycles. The number of hydrogen-bond donors (Lipinski definition) is 0. The quantitative estimate of drug-likeness (QED) is 0.581. The van der Waals surface area contributed by atoms with Crippen LogP contribution in [0.2, 0.25) is 0 Å². The lowest BCUT2D eigenvalue weighted by Crippen LogP contribution is -2.48. The van der Waals surface area contributed by atoms with Crippen molar-refractivity contribution in [3.05, 3.63) is 12.8 Å². The van der Waals surface area contributed by atoms with E-state index in [0.29, 0.717) is 6.42 Å². The molecule has 0 aromatic carbocycles. The summed E-state index contributed by atoms with van der Waals surface area (Å²) in [6, 6.07) is 0.175. The van der Waals surface area contributed by atoms with Crippen molar-refractivity contribution < 1.29 is 14.3 Å². The molecule has 0 bridgehead atoms. The summed E-state index contributed by atoms with van der Waals surface area (Å²) >= 11 is 0. The van der Waals surface area contributed by atoms with E-state index in [1.165, 1.54) is 0 Å². The number of hydrogen-bond acceptors (Lipinski definition) is 3. The van der Waals surface area contributed by atoms with Crippen LogP contribution in [0.4, 0.5) is 0 Å². The van der Waals surface area contributed by atoms with Crippen LogP contribution >= 0.6 is 0 Å². The third-order valence-corrected chi connectivity index (χ3v) is 3.24. The number of carbonyl (C=O) groups excluding carboxylic acids is 2. The number of nitrogens with zero attached hydrogens (tertiary/aromatic N) is 1. The maximum atomic E-state index is 12.3. The molecule has 1 rings (SSSR count). The molecule has 19 heavy (non-hydrogen) atoms. The predicted octanol–water partition coefficient (Wildman–Crippen LogP) is 2.88. The van der Waals surface area contributed by atoms with E-state index in [0.717, 1.165) is 19.3 Å². The molecule has 1 saturated heterocycles. The third-order valence-electron chi connectivity index (χ3n) is 3.24. The second-order valence-corrected chi connectivity index (χ2v) is 6.03. The highest BCUT2D eigenvalue weighted by molar-refractivity contribution is 5.99. The fraction of sp³-hybridized carbons (Fsp3) is 0.733. The van der Waals surface area contributed by atoms with Gasteiger partial charge in [0.05, 0.1) is 0 Å². The molecule has 108 valence electrons. The molecular formula is C15H25NO3. The number of rotatable bonds is 4. The Bertz CT molecular complexity index is 357. The van der Waals surface area contributed by atoms with Gasteiger partial charge in [-0.15, -0.1) is 0 Å². The van der Waals surface area contributed by atoms with Crippen LogP contribution in [0.5, 0.6) is 0 Å². The highest BCUT2D eigenvalue weighted by Crippen LogP contribution is 2.28. The zero-order valence-corrected chi connectivity index (χ0v) is 12.4. The van der Waals surface area contributed by atoms with E-state index < -0.39 is 17.5 Å². The van der Waals surface area contributed by atoms with Crippen molar-refractivity contribution in [2.45, 2.75) is 65.0 Å². The lowest BCUT2D eigenvalue weighted by molar-refractivity contribution is -0.166. The average molecular weight is 267 g/mol. The molecule has 0 saturated carbocycles. The molecule has 0 aromatic rings. The molecular weight excluding hydrogens is 242 g/mol. The number of likely N-dealkylation sites (tertiary alicyclic amines) is 1. The monoisotopic (exact) mass is 267 g/mol. The third kappa shape index (κ3) is 4.08.